The largest absolute Gasteiger partial charge is 0.416 e. The van der Waals surface area contributed by atoms with Gasteiger partial charge in [0.2, 0.25) is 5.82 Å². The third kappa shape index (κ3) is 2.69. The summed E-state index contributed by atoms with van der Waals surface area (Å²) in [7, 11) is 0. The van der Waals surface area contributed by atoms with E-state index < -0.39 is 17.6 Å². The number of benzene rings is 2. The van der Waals surface area contributed by atoms with Gasteiger partial charge < -0.3 is 4.52 Å². The lowest BCUT2D eigenvalue weighted by Crippen LogP contribution is -2.04. The van der Waals surface area contributed by atoms with E-state index in [-0.39, 0.29) is 22.8 Å². The number of halogens is 4. The van der Waals surface area contributed by atoms with Crippen molar-refractivity contribution in [3.8, 4) is 22.8 Å². The Hall–Kier alpha value is -2.70. The van der Waals surface area contributed by atoms with Gasteiger partial charge in [0.25, 0.3) is 5.89 Å². The third-order valence-electron chi connectivity index (χ3n) is 2.98. The monoisotopic (exact) mass is 308 g/mol. The number of alkyl halides is 3. The molecule has 1 heterocycles. The Labute approximate surface area is 122 Å². The standard InChI is InChI=1S/C15H8F4N2O/c16-12-7-2-1-6-11(12)14-20-13(21-22-14)9-4-3-5-10(8-9)15(17,18)19/h1-8H. The molecule has 0 unspecified atom stereocenters. The Kier molecular flexibility index (Phi) is 3.40. The van der Waals surface area contributed by atoms with Crippen molar-refractivity contribution in [2.24, 2.45) is 0 Å². The van der Waals surface area contributed by atoms with Gasteiger partial charge in [-0.1, -0.05) is 29.4 Å². The summed E-state index contributed by atoms with van der Waals surface area (Å²) in [6.07, 6.45) is -4.46. The number of hydrogen-bond acceptors (Lipinski definition) is 3. The molecule has 0 spiro atoms. The lowest BCUT2D eigenvalue weighted by atomic mass is 10.1. The van der Waals surface area contributed by atoms with Crippen LogP contribution in [0.5, 0.6) is 0 Å². The molecule has 3 aromatic rings. The van der Waals surface area contributed by atoms with E-state index >= 15 is 0 Å². The van der Waals surface area contributed by atoms with E-state index in [9.17, 15) is 17.6 Å². The number of rotatable bonds is 2. The fourth-order valence-electron chi connectivity index (χ4n) is 1.92. The molecule has 0 fully saturated rings. The zero-order valence-electron chi connectivity index (χ0n) is 10.9. The Morgan fingerprint density at radius 3 is 2.45 bits per heavy atom. The molecular formula is C15H8F4N2O. The summed E-state index contributed by atoms with van der Waals surface area (Å²) in [5.41, 5.74) is -0.586. The lowest BCUT2D eigenvalue weighted by molar-refractivity contribution is -0.137. The first-order valence-corrected chi connectivity index (χ1v) is 6.21. The predicted octanol–water partition coefficient (Wildman–Crippen LogP) is 4.56. The smallest absolute Gasteiger partial charge is 0.334 e. The molecule has 7 heteroatoms. The van der Waals surface area contributed by atoms with Gasteiger partial charge in [-0.25, -0.2) is 4.39 Å². The summed E-state index contributed by atoms with van der Waals surface area (Å²) >= 11 is 0. The van der Waals surface area contributed by atoms with Gasteiger partial charge in [-0.05, 0) is 24.3 Å². The molecule has 0 aliphatic carbocycles. The van der Waals surface area contributed by atoms with Crippen LogP contribution in [0.15, 0.2) is 53.1 Å². The Bertz CT molecular complexity index is 811. The summed E-state index contributed by atoms with van der Waals surface area (Å²) < 4.78 is 56.6. The Morgan fingerprint density at radius 1 is 0.955 bits per heavy atom. The molecule has 22 heavy (non-hydrogen) atoms. The van der Waals surface area contributed by atoms with E-state index in [1.165, 1.54) is 30.3 Å². The van der Waals surface area contributed by atoms with Gasteiger partial charge in [0.15, 0.2) is 0 Å². The van der Waals surface area contributed by atoms with Crippen LogP contribution >= 0.6 is 0 Å². The second-order valence-corrected chi connectivity index (χ2v) is 4.48. The van der Waals surface area contributed by atoms with Gasteiger partial charge in [-0.3, -0.25) is 0 Å². The summed E-state index contributed by atoms with van der Waals surface area (Å²) in [6, 6.07) is 10.3. The van der Waals surface area contributed by atoms with Gasteiger partial charge >= 0.3 is 6.18 Å². The Morgan fingerprint density at radius 2 is 1.73 bits per heavy atom. The summed E-state index contributed by atoms with van der Waals surface area (Å²) in [5.74, 6) is -0.684. The molecule has 0 bridgehead atoms. The van der Waals surface area contributed by atoms with Gasteiger partial charge in [-0.2, -0.15) is 18.2 Å². The zero-order chi connectivity index (χ0) is 15.7. The van der Waals surface area contributed by atoms with Crippen molar-refractivity contribution in [2.45, 2.75) is 6.18 Å². The zero-order valence-corrected chi connectivity index (χ0v) is 10.9. The average Bonchev–Trinajstić information content (AvgIpc) is 2.97. The molecule has 0 aliphatic heterocycles. The first kappa shape index (κ1) is 14.2. The molecule has 0 N–H and O–H groups in total. The van der Waals surface area contributed by atoms with Crippen LogP contribution in [0.1, 0.15) is 5.56 Å². The molecular weight excluding hydrogens is 300 g/mol. The van der Waals surface area contributed by atoms with Gasteiger partial charge in [-0.15, -0.1) is 0 Å². The maximum Gasteiger partial charge on any atom is 0.416 e. The van der Waals surface area contributed by atoms with Crippen LogP contribution < -0.4 is 0 Å². The topological polar surface area (TPSA) is 38.9 Å². The molecule has 1 aromatic heterocycles. The fraction of sp³-hybridized carbons (Fsp3) is 0.0667. The molecule has 0 aliphatic rings. The van der Waals surface area contributed by atoms with Crippen molar-refractivity contribution in [3.63, 3.8) is 0 Å². The van der Waals surface area contributed by atoms with Crippen molar-refractivity contribution in [1.82, 2.24) is 10.1 Å². The fourth-order valence-corrected chi connectivity index (χ4v) is 1.92. The predicted molar refractivity (Wildman–Crippen MR) is 70.1 cm³/mol. The molecule has 3 nitrogen and oxygen atoms in total. The molecule has 3 rings (SSSR count). The summed E-state index contributed by atoms with van der Waals surface area (Å²) in [5, 5.41) is 3.61. The highest BCUT2D eigenvalue weighted by molar-refractivity contribution is 5.60. The van der Waals surface area contributed by atoms with Crippen LogP contribution in [0, 0.1) is 5.82 Å². The average molecular weight is 308 g/mol. The van der Waals surface area contributed by atoms with Crippen molar-refractivity contribution in [2.75, 3.05) is 0 Å². The van der Waals surface area contributed by atoms with Crippen molar-refractivity contribution in [3.05, 3.63) is 59.9 Å². The molecule has 0 saturated heterocycles. The summed E-state index contributed by atoms with van der Waals surface area (Å²) in [6.45, 7) is 0. The second kappa shape index (κ2) is 5.25. The van der Waals surface area contributed by atoms with Crippen LogP contribution in [0.2, 0.25) is 0 Å². The van der Waals surface area contributed by atoms with E-state index in [1.807, 2.05) is 0 Å². The normalized spacial score (nSPS) is 11.6. The highest BCUT2D eigenvalue weighted by atomic mass is 19.4. The van der Waals surface area contributed by atoms with Crippen molar-refractivity contribution < 1.29 is 22.1 Å². The number of aromatic nitrogens is 2. The van der Waals surface area contributed by atoms with E-state index in [0.29, 0.717) is 0 Å². The van der Waals surface area contributed by atoms with E-state index in [1.54, 1.807) is 6.07 Å². The van der Waals surface area contributed by atoms with Crippen LogP contribution in [-0.4, -0.2) is 10.1 Å². The van der Waals surface area contributed by atoms with Crippen molar-refractivity contribution in [1.29, 1.82) is 0 Å². The first-order chi connectivity index (χ1) is 10.4. The maximum absolute atomic E-state index is 13.6. The van der Waals surface area contributed by atoms with Crippen LogP contribution in [0.4, 0.5) is 17.6 Å². The minimum atomic E-state index is -4.46. The summed E-state index contributed by atoms with van der Waals surface area (Å²) in [4.78, 5) is 3.95. The maximum atomic E-state index is 13.6. The van der Waals surface area contributed by atoms with E-state index in [2.05, 4.69) is 10.1 Å². The van der Waals surface area contributed by atoms with Crippen LogP contribution in [-0.2, 0) is 6.18 Å². The first-order valence-electron chi connectivity index (χ1n) is 6.21. The van der Waals surface area contributed by atoms with E-state index in [4.69, 9.17) is 4.52 Å². The van der Waals surface area contributed by atoms with Crippen LogP contribution in [0.25, 0.3) is 22.8 Å². The molecule has 2 aromatic carbocycles. The SMILES string of the molecule is Fc1ccccc1-c1nc(-c2cccc(C(F)(F)F)c2)no1. The molecule has 0 amide bonds. The lowest BCUT2D eigenvalue weighted by Gasteiger charge is -2.06. The quantitative estimate of drug-likeness (QED) is 0.651. The molecule has 112 valence electrons. The second-order valence-electron chi connectivity index (χ2n) is 4.48. The number of hydrogen-bond donors (Lipinski definition) is 0. The Balaban J connectivity index is 2.00. The van der Waals surface area contributed by atoms with Crippen LogP contribution in [0.3, 0.4) is 0 Å². The van der Waals surface area contributed by atoms with Gasteiger partial charge in [0.1, 0.15) is 5.82 Å². The highest BCUT2D eigenvalue weighted by Crippen LogP contribution is 2.32. The number of nitrogens with zero attached hydrogens (tertiary/aromatic N) is 2. The highest BCUT2D eigenvalue weighted by Gasteiger charge is 2.30. The third-order valence-corrected chi connectivity index (χ3v) is 2.98. The molecule has 0 atom stereocenters. The van der Waals surface area contributed by atoms with Crippen molar-refractivity contribution >= 4 is 0 Å². The van der Waals surface area contributed by atoms with Gasteiger partial charge in [0, 0.05) is 5.56 Å². The molecule has 0 radical (unpaired) electrons. The minimum absolute atomic E-state index is 0.0376. The molecule has 0 saturated carbocycles. The minimum Gasteiger partial charge on any atom is -0.334 e. The van der Waals surface area contributed by atoms with E-state index in [0.717, 1.165) is 12.1 Å². The van der Waals surface area contributed by atoms with Gasteiger partial charge in [0.05, 0.1) is 11.1 Å².